The fourth-order valence-electron chi connectivity index (χ4n) is 3.51. The molecule has 39 heavy (non-hydrogen) atoms. The van der Waals surface area contributed by atoms with Crippen LogP contribution in [0.1, 0.15) is 11.1 Å². The molecule has 0 radical (unpaired) electrons. The van der Waals surface area contributed by atoms with Gasteiger partial charge in [0, 0.05) is 0 Å². The van der Waals surface area contributed by atoms with Gasteiger partial charge >= 0.3 is 17.8 Å². The maximum atomic E-state index is 14.8. The molecule has 0 saturated heterocycles. The minimum Gasteiger partial charge on any atom is -0.203 e. The Hall–Kier alpha value is -4.22. The van der Waals surface area contributed by atoms with Crippen LogP contribution in [-0.4, -0.2) is 17.8 Å². The van der Waals surface area contributed by atoms with Crippen LogP contribution in [0.25, 0.3) is 11.1 Å². The predicted molar refractivity (Wildman–Crippen MR) is 92.4 cm³/mol. The Balaban J connectivity index is 2.77. The van der Waals surface area contributed by atoms with Gasteiger partial charge in [-0.25, -0.2) is 43.9 Å². The molecule has 0 amide bonds. The molecule has 2 nitrogen and oxygen atoms in total. The molecule has 3 rings (SSSR count). The largest absolute Gasteiger partial charge is 0.380 e. The third kappa shape index (κ3) is 3.57. The van der Waals surface area contributed by atoms with Crippen molar-refractivity contribution in [2.75, 3.05) is 0 Å². The van der Waals surface area contributed by atoms with Crippen molar-refractivity contribution in [2.24, 2.45) is 0 Å². The molecule has 18 heteroatoms. The lowest BCUT2D eigenvalue weighted by Gasteiger charge is -2.23. The van der Waals surface area contributed by atoms with Gasteiger partial charge in [0.15, 0.2) is 46.5 Å². The minimum atomic E-state index is -6.90. The highest BCUT2D eigenvalue weighted by Gasteiger charge is 2.82. The summed E-state index contributed by atoms with van der Waals surface area (Å²) >= 11 is 0. The highest BCUT2D eigenvalue weighted by Crippen LogP contribution is 2.65. The number of nitrogens with zero attached hydrogens (tertiary/aromatic N) is 2. The first kappa shape index (κ1) is 29.3. The minimum absolute atomic E-state index is 0.227. The maximum Gasteiger partial charge on any atom is 0.380 e. The van der Waals surface area contributed by atoms with E-state index in [4.69, 9.17) is 10.5 Å². The monoisotopic (exact) mass is 584 g/mol. The summed E-state index contributed by atoms with van der Waals surface area (Å²) in [4.78, 5) is 0. The van der Waals surface area contributed by atoms with E-state index in [9.17, 15) is 70.2 Å². The molecular weight excluding hydrogens is 584 g/mol. The summed E-state index contributed by atoms with van der Waals surface area (Å²) in [6.45, 7) is 0. The Bertz CT molecular complexity index is 1430. The van der Waals surface area contributed by atoms with Gasteiger partial charge in [0.1, 0.15) is 12.1 Å². The summed E-state index contributed by atoms with van der Waals surface area (Å²) in [7, 11) is 0. The molecule has 0 aliphatic heterocycles. The second-order valence-corrected chi connectivity index (χ2v) is 7.34. The van der Waals surface area contributed by atoms with Crippen molar-refractivity contribution in [3.8, 4) is 12.1 Å². The SMILES string of the molecule is N#C/C(=C1\C(=C(/C#N)c2c(F)c(F)c(F)c(F)c2F)C(F)(F)C(F)(F)C1(F)F)c1c(F)c(F)c(F)c(F)c1F. The zero-order chi connectivity index (χ0) is 30.2. The molecule has 0 unspecified atom stereocenters. The zero-order valence-corrected chi connectivity index (χ0v) is 17.4. The molecule has 0 N–H and O–H groups in total. The van der Waals surface area contributed by atoms with E-state index in [1.54, 1.807) is 0 Å². The van der Waals surface area contributed by atoms with Crippen molar-refractivity contribution in [1.29, 1.82) is 10.5 Å². The van der Waals surface area contributed by atoms with E-state index in [0.717, 1.165) is 0 Å². The van der Waals surface area contributed by atoms with E-state index in [0.29, 0.717) is 0 Å². The molecule has 0 spiro atoms. The number of rotatable bonds is 2. The number of benzene rings is 2. The van der Waals surface area contributed by atoms with Crippen LogP contribution in [0.15, 0.2) is 11.1 Å². The second kappa shape index (κ2) is 8.92. The molecule has 2 aromatic carbocycles. The average Bonchev–Trinajstić information content (AvgIpc) is 2.98. The number of hydrogen-bond donors (Lipinski definition) is 0. The molecule has 1 fully saturated rings. The van der Waals surface area contributed by atoms with E-state index in [1.807, 2.05) is 0 Å². The lowest BCUT2D eigenvalue weighted by atomic mass is 9.89. The Kier molecular flexibility index (Phi) is 6.71. The predicted octanol–water partition coefficient (Wildman–Crippen LogP) is 7.25. The van der Waals surface area contributed by atoms with Gasteiger partial charge in [0.25, 0.3) is 0 Å². The molecule has 0 aromatic heterocycles. The number of alkyl halides is 6. The van der Waals surface area contributed by atoms with E-state index < -0.39 is 109 Å². The van der Waals surface area contributed by atoms with Gasteiger partial charge in [0.2, 0.25) is 11.6 Å². The number of halogens is 16. The molecule has 0 bridgehead atoms. The van der Waals surface area contributed by atoms with Crippen LogP contribution in [0.2, 0.25) is 0 Å². The molecule has 0 atom stereocenters. The molecule has 206 valence electrons. The van der Waals surface area contributed by atoms with Crippen LogP contribution >= 0.6 is 0 Å². The second-order valence-electron chi connectivity index (χ2n) is 7.34. The summed E-state index contributed by atoms with van der Waals surface area (Å²) < 4.78 is 226. The average molecular weight is 584 g/mol. The van der Waals surface area contributed by atoms with Gasteiger partial charge in [0.05, 0.1) is 33.4 Å². The zero-order valence-electron chi connectivity index (χ0n) is 17.4. The fraction of sp³-hybridized carbons (Fsp3) is 0.143. The molecular formula is C21F16N2. The van der Waals surface area contributed by atoms with Crippen LogP contribution in [-0.2, 0) is 0 Å². The highest BCUT2D eigenvalue weighted by molar-refractivity contribution is 5.93. The van der Waals surface area contributed by atoms with Gasteiger partial charge in [-0.05, 0) is 0 Å². The summed E-state index contributed by atoms with van der Waals surface area (Å²) in [6.07, 6.45) is 0. The molecule has 2 aromatic rings. The van der Waals surface area contributed by atoms with Gasteiger partial charge in [-0.15, -0.1) is 0 Å². The van der Waals surface area contributed by atoms with Crippen molar-refractivity contribution in [3.05, 3.63) is 80.4 Å². The third-order valence-corrected chi connectivity index (χ3v) is 5.31. The Morgan fingerprint density at radius 1 is 0.410 bits per heavy atom. The normalized spacial score (nSPS) is 19.9. The van der Waals surface area contributed by atoms with Crippen molar-refractivity contribution in [2.45, 2.75) is 17.8 Å². The van der Waals surface area contributed by atoms with Crippen LogP contribution in [0.4, 0.5) is 70.2 Å². The first-order chi connectivity index (χ1) is 17.7. The molecule has 1 aliphatic carbocycles. The van der Waals surface area contributed by atoms with Crippen LogP contribution < -0.4 is 0 Å². The summed E-state index contributed by atoms with van der Waals surface area (Å²) in [5.41, 5.74) is -18.3. The quantitative estimate of drug-likeness (QED) is 0.162. The van der Waals surface area contributed by atoms with Crippen molar-refractivity contribution >= 4 is 11.1 Å². The third-order valence-electron chi connectivity index (χ3n) is 5.31. The summed E-state index contributed by atoms with van der Waals surface area (Å²) in [5, 5.41) is 18.3. The fourth-order valence-corrected chi connectivity index (χ4v) is 3.51. The van der Waals surface area contributed by atoms with E-state index in [-0.39, 0.29) is 12.1 Å². The molecule has 0 heterocycles. The topological polar surface area (TPSA) is 47.6 Å². The van der Waals surface area contributed by atoms with Gasteiger partial charge in [-0.1, -0.05) is 0 Å². The first-order valence-corrected chi connectivity index (χ1v) is 9.22. The Labute approximate surface area is 203 Å². The van der Waals surface area contributed by atoms with Gasteiger partial charge in [-0.3, -0.25) is 0 Å². The Morgan fingerprint density at radius 2 is 0.615 bits per heavy atom. The number of allylic oxidation sites excluding steroid dienone is 4. The number of hydrogen-bond acceptors (Lipinski definition) is 2. The van der Waals surface area contributed by atoms with Gasteiger partial charge in [-0.2, -0.15) is 36.9 Å². The van der Waals surface area contributed by atoms with Crippen molar-refractivity contribution < 1.29 is 70.2 Å². The first-order valence-electron chi connectivity index (χ1n) is 9.22. The van der Waals surface area contributed by atoms with Crippen LogP contribution in [0.3, 0.4) is 0 Å². The van der Waals surface area contributed by atoms with Crippen molar-refractivity contribution in [3.63, 3.8) is 0 Å². The van der Waals surface area contributed by atoms with Crippen LogP contribution in [0.5, 0.6) is 0 Å². The Morgan fingerprint density at radius 3 is 0.821 bits per heavy atom. The van der Waals surface area contributed by atoms with Crippen LogP contribution in [0, 0.1) is 80.8 Å². The maximum absolute atomic E-state index is 14.8. The highest BCUT2D eigenvalue weighted by atomic mass is 19.3. The lowest BCUT2D eigenvalue weighted by molar-refractivity contribution is -0.257. The molecule has 1 saturated carbocycles. The smallest absolute Gasteiger partial charge is 0.203 e. The van der Waals surface area contributed by atoms with Gasteiger partial charge < -0.3 is 0 Å². The van der Waals surface area contributed by atoms with E-state index >= 15 is 0 Å². The summed E-state index contributed by atoms with van der Waals surface area (Å²) in [6, 6.07) is 0.453. The van der Waals surface area contributed by atoms with E-state index in [2.05, 4.69) is 0 Å². The summed E-state index contributed by atoms with van der Waals surface area (Å²) in [5.74, 6) is -51.1. The van der Waals surface area contributed by atoms with E-state index in [1.165, 1.54) is 0 Å². The van der Waals surface area contributed by atoms with Crippen molar-refractivity contribution in [1.82, 2.24) is 0 Å². The standard InChI is InChI=1S/C21F16N2/c22-9-5(10(23)14(27)17(30)13(9)26)3(1-38)7-8(20(34,35)21(36,37)19(7,32)33)4(2-39)6-11(24)15(28)18(31)16(29)12(6)25/b7-3-,8-4-. The number of nitriles is 2. The molecule has 1 aliphatic rings. The lowest BCUT2D eigenvalue weighted by Crippen LogP contribution is -2.47.